The highest BCUT2D eigenvalue weighted by molar-refractivity contribution is 9.10. The van der Waals surface area contributed by atoms with Crippen LogP contribution in [0, 0.1) is 25.7 Å². The Labute approximate surface area is 235 Å². The molecule has 0 bridgehead atoms. The number of amides is 3. The largest absolute Gasteiger partial charge is 0.452 e. The Hall–Kier alpha value is -3.78. The number of fused-ring (bicyclic) bond motifs is 1. The topological polar surface area (TPSA) is 92.8 Å². The molecule has 2 aliphatic rings. The summed E-state index contributed by atoms with van der Waals surface area (Å²) >= 11 is 3.46. The summed E-state index contributed by atoms with van der Waals surface area (Å²) in [5.41, 5.74) is 4.24. The van der Waals surface area contributed by atoms with E-state index in [4.69, 9.17) is 4.74 Å². The molecule has 3 aromatic carbocycles. The molecule has 5 rings (SSSR count). The number of halogens is 1. The molecule has 3 amide bonds. The fourth-order valence-electron chi connectivity index (χ4n) is 5.56. The summed E-state index contributed by atoms with van der Waals surface area (Å²) in [6, 6.07) is 20.0. The molecule has 1 N–H and O–H groups in total. The molecule has 0 radical (unpaired) electrons. The maximum absolute atomic E-state index is 13.4. The first-order valence-corrected chi connectivity index (χ1v) is 13.8. The second kappa shape index (κ2) is 11.1. The van der Waals surface area contributed by atoms with Gasteiger partial charge in [0.1, 0.15) is 0 Å². The summed E-state index contributed by atoms with van der Waals surface area (Å²) in [4.78, 5) is 53.1. The van der Waals surface area contributed by atoms with Crippen LogP contribution in [-0.2, 0) is 19.1 Å². The average Bonchev–Trinajstić information content (AvgIpc) is 3.21. The molecule has 2 fully saturated rings. The number of carbonyl (C=O) groups excluding carboxylic acids is 4. The van der Waals surface area contributed by atoms with Crippen LogP contribution >= 0.6 is 15.9 Å². The Morgan fingerprint density at radius 3 is 2.44 bits per heavy atom. The summed E-state index contributed by atoms with van der Waals surface area (Å²) in [6.45, 7) is 3.37. The molecule has 200 valence electrons. The van der Waals surface area contributed by atoms with Crippen LogP contribution in [0.1, 0.15) is 52.2 Å². The molecule has 3 aromatic rings. The van der Waals surface area contributed by atoms with Gasteiger partial charge in [-0.3, -0.25) is 19.3 Å². The Kier molecular flexibility index (Phi) is 7.66. The van der Waals surface area contributed by atoms with Gasteiger partial charge < -0.3 is 10.1 Å². The molecule has 1 heterocycles. The van der Waals surface area contributed by atoms with Crippen molar-refractivity contribution in [2.24, 2.45) is 11.8 Å². The second-order valence-electron chi connectivity index (χ2n) is 10.2. The van der Waals surface area contributed by atoms with E-state index in [1.807, 2.05) is 38.1 Å². The lowest BCUT2D eigenvalue weighted by Crippen LogP contribution is -2.31. The Morgan fingerprint density at radius 1 is 0.923 bits per heavy atom. The van der Waals surface area contributed by atoms with Crippen LogP contribution in [0.15, 0.2) is 71.2 Å². The molecule has 8 heteroatoms. The van der Waals surface area contributed by atoms with Gasteiger partial charge in [-0.15, -0.1) is 0 Å². The lowest BCUT2D eigenvalue weighted by molar-refractivity contribution is -0.122. The van der Waals surface area contributed by atoms with Gasteiger partial charge in [-0.1, -0.05) is 52.3 Å². The van der Waals surface area contributed by atoms with Crippen molar-refractivity contribution in [1.29, 1.82) is 0 Å². The maximum Gasteiger partial charge on any atom is 0.338 e. The van der Waals surface area contributed by atoms with Gasteiger partial charge in [0, 0.05) is 10.2 Å². The van der Waals surface area contributed by atoms with Crippen molar-refractivity contribution in [3.05, 3.63) is 93.5 Å². The van der Waals surface area contributed by atoms with Crippen LogP contribution in [-0.4, -0.2) is 30.3 Å². The standard InChI is InChI=1S/C31H29BrN2O5/c1-18-19(2)27(14-13-26(18)32)33-28(35)17-39-31(38)22-9-6-10-23(15-22)34-29(36)24-12-11-21(16-25(24)30(34)37)20-7-4-3-5-8-20/h3-10,13-15,21,24-25H,11-12,16-17H2,1-2H3,(H,33,35)/t21-,24-,25+/m1/s1. The molecule has 39 heavy (non-hydrogen) atoms. The summed E-state index contributed by atoms with van der Waals surface area (Å²) in [5.74, 6) is -2.11. The molecule has 1 aliphatic carbocycles. The molecular weight excluding hydrogens is 560 g/mol. The van der Waals surface area contributed by atoms with E-state index in [0.29, 0.717) is 24.2 Å². The van der Waals surface area contributed by atoms with Crippen molar-refractivity contribution >= 4 is 51.0 Å². The number of ether oxygens (including phenoxy) is 1. The number of benzene rings is 3. The van der Waals surface area contributed by atoms with Crippen LogP contribution < -0.4 is 10.2 Å². The highest BCUT2D eigenvalue weighted by Gasteiger charge is 2.50. The first-order valence-electron chi connectivity index (χ1n) is 13.0. The smallest absolute Gasteiger partial charge is 0.338 e. The lowest BCUT2D eigenvalue weighted by atomic mass is 9.73. The van der Waals surface area contributed by atoms with Gasteiger partial charge >= 0.3 is 5.97 Å². The van der Waals surface area contributed by atoms with Gasteiger partial charge in [0.15, 0.2) is 6.61 Å². The van der Waals surface area contributed by atoms with E-state index >= 15 is 0 Å². The summed E-state index contributed by atoms with van der Waals surface area (Å²) < 4.78 is 6.18. The molecule has 1 saturated heterocycles. The first kappa shape index (κ1) is 26.8. The maximum atomic E-state index is 13.4. The third-order valence-electron chi connectivity index (χ3n) is 7.87. The zero-order chi connectivity index (χ0) is 27.7. The van der Waals surface area contributed by atoms with E-state index in [1.54, 1.807) is 18.2 Å². The number of hydrogen-bond acceptors (Lipinski definition) is 5. The van der Waals surface area contributed by atoms with Gasteiger partial charge in [0.2, 0.25) is 11.8 Å². The third kappa shape index (κ3) is 5.39. The van der Waals surface area contributed by atoms with E-state index in [-0.39, 0.29) is 35.1 Å². The Balaban J connectivity index is 1.24. The highest BCUT2D eigenvalue weighted by Crippen LogP contribution is 2.45. The molecule has 0 aromatic heterocycles. The molecular formula is C31H29BrN2O5. The van der Waals surface area contributed by atoms with Crippen LogP contribution in [0.25, 0.3) is 0 Å². The minimum absolute atomic E-state index is 0.161. The predicted molar refractivity (Wildman–Crippen MR) is 151 cm³/mol. The minimum atomic E-state index is -0.712. The number of rotatable bonds is 6. The summed E-state index contributed by atoms with van der Waals surface area (Å²) in [7, 11) is 0. The number of esters is 1. The van der Waals surface area contributed by atoms with E-state index in [1.165, 1.54) is 22.6 Å². The molecule has 3 atom stereocenters. The van der Waals surface area contributed by atoms with E-state index in [0.717, 1.165) is 22.0 Å². The van der Waals surface area contributed by atoms with Gasteiger partial charge in [0.05, 0.1) is 23.1 Å². The fourth-order valence-corrected chi connectivity index (χ4v) is 5.99. The van der Waals surface area contributed by atoms with Crippen molar-refractivity contribution in [1.82, 2.24) is 0 Å². The second-order valence-corrected chi connectivity index (χ2v) is 11.0. The first-order chi connectivity index (χ1) is 18.7. The monoisotopic (exact) mass is 588 g/mol. The zero-order valence-corrected chi connectivity index (χ0v) is 23.4. The van der Waals surface area contributed by atoms with Crippen molar-refractivity contribution in [3.8, 4) is 0 Å². The predicted octanol–water partition coefficient (Wildman–Crippen LogP) is 5.93. The molecule has 1 aliphatic heterocycles. The van der Waals surface area contributed by atoms with Crippen molar-refractivity contribution in [2.45, 2.75) is 39.0 Å². The molecule has 0 spiro atoms. The van der Waals surface area contributed by atoms with E-state index in [9.17, 15) is 19.2 Å². The van der Waals surface area contributed by atoms with E-state index in [2.05, 4.69) is 33.4 Å². The highest BCUT2D eigenvalue weighted by atomic mass is 79.9. The summed E-state index contributed by atoms with van der Waals surface area (Å²) in [5, 5.41) is 2.76. The number of hydrogen-bond donors (Lipinski definition) is 1. The number of anilines is 2. The quantitative estimate of drug-likeness (QED) is 0.284. The number of nitrogens with zero attached hydrogens (tertiary/aromatic N) is 1. The molecule has 7 nitrogen and oxygen atoms in total. The van der Waals surface area contributed by atoms with Crippen LogP contribution in [0.2, 0.25) is 0 Å². The summed E-state index contributed by atoms with van der Waals surface area (Å²) in [6.07, 6.45) is 2.13. The van der Waals surface area contributed by atoms with Gasteiger partial charge in [-0.05, 0) is 86.1 Å². The van der Waals surface area contributed by atoms with Crippen molar-refractivity contribution in [3.63, 3.8) is 0 Å². The van der Waals surface area contributed by atoms with Crippen molar-refractivity contribution in [2.75, 3.05) is 16.8 Å². The van der Waals surface area contributed by atoms with E-state index < -0.39 is 18.5 Å². The SMILES string of the molecule is Cc1c(Br)ccc(NC(=O)COC(=O)c2cccc(N3C(=O)[C@H]4C[C@H](c5ccccc5)CC[C@H]4C3=O)c2)c1C. The van der Waals surface area contributed by atoms with Crippen LogP contribution in [0.5, 0.6) is 0 Å². The number of imide groups is 1. The zero-order valence-electron chi connectivity index (χ0n) is 21.8. The van der Waals surface area contributed by atoms with Crippen LogP contribution in [0.3, 0.4) is 0 Å². The van der Waals surface area contributed by atoms with Gasteiger partial charge in [0.25, 0.3) is 5.91 Å². The average molecular weight is 589 g/mol. The minimum Gasteiger partial charge on any atom is -0.452 e. The lowest BCUT2D eigenvalue weighted by Gasteiger charge is -2.28. The number of carbonyl (C=O) groups is 4. The molecule has 0 unspecified atom stereocenters. The number of nitrogens with one attached hydrogen (secondary N) is 1. The molecule has 1 saturated carbocycles. The van der Waals surface area contributed by atoms with Gasteiger partial charge in [-0.25, -0.2) is 4.79 Å². The third-order valence-corrected chi connectivity index (χ3v) is 8.73. The van der Waals surface area contributed by atoms with Crippen molar-refractivity contribution < 1.29 is 23.9 Å². The fraction of sp³-hybridized carbons (Fsp3) is 0.290. The Morgan fingerprint density at radius 2 is 1.67 bits per heavy atom. The van der Waals surface area contributed by atoms with Crippen LogP contribution in [0.4, 0.5) is 11.4 Å². The normalized spacial score (nSPS) is 20.5. The van der Waals surface area contributed by atoms with Gasteiger partial charge in [-0.2, -0.15) is 0 Å². The Bertz CT molecular complexity index is 1450.